The average molecular weight is 314 g/mol. The minimum Gasteiger partial charge on any atom is -0.457 e. The minimum atomic E-state index is 0.660. The molecule has 0 aliphatic heterocycles. The van der Waals surface area contributed by atoms with E-state index in [0.717, 1.165) is 30.2 Å². The molecule has 0 aromatic heterocycles. The van der Waals surface area contributed by atoms with Gasteiger partial charge in [0.15, 0.2) is 5.11 Å². The molecule has 0 amide bonds. The summed E-state index contributed by atoms with van der Waals surface area (Å²) in [4.78, 5) is 0. The van der Waals surface area contributed by atoms with Crippen LogP contribution in [0.3, 0.4) is 0 Å². The molecule has 0 aliphatic rings. The van der Waals surface area contributed by atoms with Crippen LogP contribution in [-0.4, -0.2) is 11.7 Å². The Bertz CT molecular complexity index is 569. The molecule has 0 bridgehead atoms. The monoisotopic (exact) mass is 314 g/mol. The Kier molecular flexibility index (Phi) is 6.71. The zero-order chi connectivity index (χ0) is 15.6. The highest BCUT2D eigenvalue weighted by atomic mass is 32.1. The Morgan fingerprint density at radius 1 is 0.955 bits per heavy atom. The van der Waals surface area contributed by atoms with Crippen molar-refractivity contribution in [3.63, 3.8) is 0 Å². The van der Waals surface area contributed by atoms with Gasteiger partial charge in [-0.2, -0.15) is 0 Å². The van der Waals surface area contributed by atoms with Crippen LogP contribution in [0.15, 0.2) is 54.6 Å². The number of anilines is 1. The highest BCUT2D eigenvalue weighted by Crippen LogP contribution is 2.22. The van der Waals surface area contributed by atoms with Crippen LogP contribution in [0.4, 0.5) is 5.69 Å². The van der Waals surface area contributed by atoms with Crippen molar-refractivity contribution in [3.05, 3.63) is 54.6 Å². The quantitative estimate of drug-likeness (QED) is 0.559. The molecule has 3 nitrogen and oxygen atoms in total. The first-order valence-corrected chi connectivity index (χ1v) is 8.06. The fourth-order valence-corrected chi connectivity index (χ4v) is 2.20. The molecule has 0 unspecified atom stereocenters. The number of hydrogen-bond donors (Lipinski definition) is 2. The van der Waals surface area contributed by atoms with E-state index in [9.17, 15) is 0 Å². The number of unbranched alkanes of at least 4 members (excludes halogenated alkanes) is 2. The maximum atomic E-state index is 5.75. The molecular weight excluding hydrogens is 292 g/mol. The van der Waals surface area contributed by atoms with Crippen molar-refractivity contribution < 1.29 is 4.74 Å². The normalized spacial score (nSPS) is 10.0. The largest absolute Gasteiger partial charge is 0.457 e. The Hall–Kier alpha value is -2.07. The molecule has 0 saturated carbocycles. The molecule has 22 heavy (non-hydrogen) atoms. The number of benzene rings is 2. The second-order valence-electron chi connectivity index (χ2n) is 5.03. The van der Waals surface area contributed by atoms with E-state index in [0.29, 0.717) is 5.11 Å². The SMILES string of the molecule is CCCCCNC(=S)Nc1ccc(Oc2ccccc2)cc1. The van der Waals surface area contributed by atoms with Crippen LogP contribution in [0, 0.1) is 0 Å². The maximum Gasteiger partial charge on any atom is 0.170 e. The average Bonchev–Trinajstić information content (AvgIpc) is 2.54. The standard InChI is InChI=1S/C18H22N2OS/c1-2-3-7-14-19-18(22)20-15-10-12-17(13-11-15)21-16-8-5-4-6-9-16/h4-6,8-13H,2-3,7,14H2,1H3,(H2,19,20,22). The third-order valence-electron chi connectivity index (χ3n) is 3.16. The van der Waals surface area contributed by atoms with Crippen LogP contribution >= 0.6 is 12.2 Å². The van der Waals surface area contributed by atoms with E-state index in [4.69, 9.17) is 17.0 Å². The van der Waals surface area contributed by atoms with Gasteiger partial charge in [0, 0.05) is 12.2 Å². The van der Waals surface area contributed by atoms with Gasteiger partial charge in [-0.1, -0.05) is 38.0 Å². The summed E-state index contributed by atoms with van der Waals surface area (Å²) in [6.45, 7) is 3.10. The highest BCUT2D eigenvalue weighted by molar-refractivity contribution is 7.80. The second-order valence-corrected chi connectivity index (χ2v) is 5.44. The van der Waals surface area contributed by atoms with Crippen molar-refractivity contribution in [2.45, 2.75) is 26.2 Å². The summed E-state index contributed by atoms with van der Waals surface area (Å²) < 4.78 is 5.75. The van der Waals surface area contributed by atoms with Crippen LogP contribution < -0.4 is 15.4 Å². The predicted molar refractivity (Wildman–Crippen MR) is 96.7 cm³/mol. The van der Waals surface area contributed by atoms with Gasteiger partial charge in [-0.3, -0.25) is 0 Å². The molecular formula is C18H22N2OS. The number of hydrogen-bond acceptors (Lipinski definition) is 2. The molecule has 2 N–H and O–H groups in total. The van der Waals surface area contributed by atoms with Gasteiger partial charge >= 0.3 is 0 Å². The van der Waals surface area contributed by atoms with Crippen molar-refractivity contribution in [3.8, 4) is 11.5 Å². The van der Waals surface area contributed by atoms with Gasteiger partial charge in [-0.05, 0) is 55.0 Å². The van der Waals surface area contributed by atoms with Gasteiger partial charge in [0.2, 0.25) is 0 Å². The summed E-state index contributed by atoms with van der Waals surface area (Å²) in [6.07, 6.45) is 3.58. The summed E-state index contributed by atoms with van der Waals surface area (Å²) in [5.41, 5.74) is 0.952. The molecule has 0 heterocycles. The molecule has 2 rings (SSSR count). The van der Waals surface area contributed by atoms with Crippen molar-refractivity contribution in [1.82, 2.24) is 5.32 Å². The summed E-state index contributed by atoms with van der Waals surface area (Å²) in [5.74, 6) is 1.63. The molecule has 0 spiro atoms. The number of rotatable bonds is 7. The molecule has 0 fully saturated rings. The van der Waals surface area contributed by atoms with Gasteiger partial charge in [-0.25, -0.2) is 0 Å². The number of ether oxygens (including phenoxy) is 1. The summed E-state index contributed by atoms with van der Waals surface area (Å²) in [5, 5.41) is 7.04. The molecule has 0 atom stereocenters. The summed E-state index contributed by atoms with van der Waals surface area (Å²) in [6, 6.07) is 17.5. The topological polar surface area (TPSA) is 33.3 Å². The Morgan fingerprint density at radius 2 is 1.64 bits per heavy atom. The van der Waals surface area contributed by atoms with Crippen LogP contribution in [0.1, 0.15) is 26.2 Å². The lowest BCUT2D eigenvalue weighted by Crippen LogP contribution is -2.29. The van der Waals surface area contributed by atoms with E-state index in [1.165, 1.54) is 12.8 Å². The van der Waals surface area contributed by atoms with Gasteiger partial charge in [-0.15, -0.1) is 0 Å². The summed E-state index contributed by atoms with van der Waals surface area (Å²) >= 11 is 5.27. The van der Waals surface area contributed by atoms with Crippen molar-refractivity contribution in [2.75, 3.05) is 11.9 Å². The number of para-hydroxylation sites is 1. The number of nitrogens with one attached hydrogen (secondary N) is 2. The summed E-state index contributed by atoms with van der Waals surface area (Å²) in [7, 11) is 0. The lowest BCUT2D eigenvalue weighted by Gasteiger charge is -2.11. The zero-order valence-corrected chi connectivity index (χ0v) is 13.7. The molecule has 0 aliphatic carbocycles. The van der Waals surface area contributed by atoms with Crippen molar-refractivity contribution in [1.29, 1.82) is 0 Å². The smallest absolute Gasteiger partial charge is 0.170 e. The second kappa shape index (κ2) is 9.05. The Balaban J connectivity index is 1.80. The van der Waals surface area contributed by atoms with E-state index in [2.05, 4.69) is 17.6 Å². The van der Waals surface area contributed by atoms with E-state index in [1.54, 1.807) is 0 Å². The van der Waals surface area contributed by atoms with E-state index in [-0.39, 0.29) is 0 Å². The predicted octanol–water partition coefficient (Wildman–Crippen LogP) is 4.96. The molecule has 4 heteroatoms. The first kappa shape index (κ1) is 16.3. The molecule has 2 aromatic rings. The number of thiocarbonyl (C=S) groups is 1. The Labute approximate surface area is 137 Å². The van der Waals surface area contributed by atoms with Crippen LogP contribution in [-0.2, 0) is 0 Å². The van der Waals surface area contributed by atoms with Crippen molar-refractivity contribution in [2.24, 2.45) is 0 Å². The third-order valence-corrected chi connectivity index (χ3v) is 3.40. The van der Waals surface area contributed by atoms with E-state index >= 15 is 0 Å². The van der Waals surface area contributed by atoms with E-state index < -0.39 is 0 Å². The maximum absolute atomic E-state index is 5.75. The fraction of sp³-hybridized carbons (Fsp3) is 0.278. The lowest BCUT2D eigenvalue weighted by molar-refractivity contribution is 0.483. The van der Waals surface area contributed by atoms with Crippen LogP contribution in [0.25, 0.3) is 0 Å². The zero-order valence-electron chi connectivity index (χ0n) is 12.8. The van der Waals surface area contributed by atoms with Gasteiger partial charge < -0.3 is 15.4 Å². The third kappa shape index (κ3) is 5.74. The van der Waals surface area contributed by atoms with Gasteiger partial charge in [0.05, 0.1) is 0 Å². The highest BCUT2D eigenvalue weighted by Gasteiger charge is 1.99. The van der Waals surface area contributed by atoms with Gasteiger partial charge in [0.25, 0.3) is 0 Å². The van der Waals surface area contributed by atoms with E-state index in [1.807, 2.05) is 54.6 Å². The first-order chi connectivity index (χ1) is 10.8. The molecule has 2 aromatic carbocycles. The van der Waals surface area contributed by atoms with Crippen LogP contribution in [0.2, 0.25) is 0 Å². The molecule has 0 saturated heterocycles. The van der Waals surface area contributed by atoms with Gasteiger partial charge in [0.1, 0.15) is 11.5 Å². The van der Waals surface area contributed by atoms with Crippen molar-refractivity contribution >= 4 is 23.0 Å². The molecule has 0 radical (unpaired) electrons. The fourth-order valence-electron chi connectivity index (χ4n) is 1.98. The molecule has 116 valence electrons. The van der Waals surface area contributed by atoms with Crippen LogP contribution in [0.5, 0.6) is 11.5 Å². The Morgan fingerprint density at radius 3 is 2.32 bits per heavy atom. The first-order valence-electron chi connectivity index (χ1n) is 7.66. The lowest BCUT2D eigenvalue weighted by atomic mass is 10.2. The minimum absolute atomic E-state index is 0.660.